The smallest absolute Gasteiger partial charge is 0.234 e. The van der Waals surface area contributed by atoms with Crippen LogP contribution < -0.4 is 0 Å². The lowest BCUT2D eigenvalue weighted by Crippen LogP contribution is -2.02. The van der Waals surface area contributed by atoms with E-state index >= 15 is 0 Å². The molecule has 25 heavy (non-hydrogen) atoms. The van der Waals surface area contributed by atoms with Gasteiger partial charge in [0.25, 0.3) is 0 Å². The average Bonchev–Trinajstić information content (AvgIpc) is 2.85. The second kappa shape index (κ2) is 5.07. The third-order valence-corrected chi connectivity index (χ3v) is 6.22. The van der Waals surface area contributed by atoms with Crippen LogP contribution in [0.3, 0.4) is 0 Å². The number of fused-ring (bicyclic) bond motifs is 2. The monoisotopic (exact) mass is 333 g/mol. The maximum Gasteiger partial charge on any atom is 0.234 e. The molecule has 128 valence electrons. The third-order valence-electron chi connectivity index (χ3n) is 6.22. The summed E-state index contributed by atoms with van der Waals surface area (Å²) in [6.45, 7) is 7.72. The summed E-state index contributed by atoms with van der Waals surface area (Å²) in [4.78, 5) is 9.29. The Morgan fingerprint density at radius 1 is 1.32 bits per heavy atom. The van der Waals surface area contributed by atoms with Crippen molar-refractivity contribution < 1.29 is 4.74 Å². The summed E-state index contributed by atoms with van der Waals surface area (Å²) in [7, 11) is 0. The first-order chi connectivity index (χ1) is 12.1. The van der Waals surface area contributed by atoms with Crippen molar-refractivity contribution in [2.45, 2.75) is 33.1 Å². The highest BCUT2D eigenvalue weighted by Gasteiger charge is 2.62. The summed E-state index contributed by atoms with van der Waals surface area (Å²) in [5.41, 5.74) is 4.03. The van der Waals surface area contributed by atoms with Gasteiger partial charge in [-0.25, -0.2) is 9.97 Å². The fourth-order valence-corrected chi connectivity index (χ4v) is 4.82. The van der Waals surface area contributed by atoms with E-state index in [0.29, 0.717) is 17.8 Å². The Morgan fingerprint density at radius 2 is 2.20 bits per heavy atom. The maximum absolute atomic E-state index is 5.73. The molecule has 0 N–H and O–H groups in total. The van der Waals surface area contributed by atoms with E-state index in [1.54, 1.807) is 0 Å². The topological polar surface area (TPSA) is 39.4 Å². The number of hydrogen-bond acceptors (Lipinski definition) is 3. The molecule has 1 saturated heterocycles. The number of nitrogens with zero attached hydrogens (tertiary/aromatic N) is 3. The van der Waals surface area contributed by atoms with Gasteiger partial charge in [0, 0.05) is 30.4 Å². The van der Waals surface area contributed by atoms with Crippen molar-refractivity contribution in [2.75, 3.05) is 6.61 Å². The number of hydrogen-bond donors (Lipinski definition) is 0. The lowest BCUT2D eigenvalue weighted by molar-refractivity contribution is 0.266. The van der Waals surface area contributed by atoms with Crippen molar-refractivity contribution in [3.8, 4) is 0 Å². The van der Waals surface area contributed by atoms with Gasteiger partial charge >= 0.3 is 0 Å². The minimum atomic E-state index is 0.235. The highest BCUT2D eigenvalue weighted by Crippen LogP contribution is 2.68. The van der Waals surface area contributed by atoms with Crippen LogP contribution in [0.15, 0.2) is 54.1 Å². The van der Waals surface area contributed by atoms with Crippen LogP contribution in [-0.4, -0.2) is 21.0 Å². The molecule has 0 bridgehead atoms. The highest BCUT2D eigenvalue weighted by molar-refractivity contribution is 5.43. The lowest BCUT2D eigenvalue weighted by atomic mass is 9.94. The van der Waals surface area contributed by atoms with E-state index in [9.17, 15) is 0 Å². The zero-order valence-corrected chi connectivity index (χ0v) is 14.9. The summed E-state index contributed by atoms with van der Waals surface area (Å²) in [6, 6.07) is 1.97. The van der Waals surface area contributed by atoms with E-state index < -0.39 is 0 Å². The molecule has 4 nitrogen and oxygen atoms in total. The van der Waals surface area contributed by atoms with Crippen molar-refractivity contribution in [2.24, 2.45) is 17.3 Å². The van der Waals surface area contributed by atoms with Gasteiger partial charge in [-0.3, -0.25) is 4.40 Å². The van der Waals surface area contributed by atoms with Crippen LogP contribution in [-0.2, 0) is 4.74 Å². The molecule has 2 aromatic rings. The van der Waals surface area contributed by atoms with Crippen molar-refractivity contribution >= 4 is 5.78 Å². The van der Waals surface area contributed by atoms with Crippen molar-refractivity contribution in [1.82, 2.24) is 14.4 Å². The van der Waals surface area contributed by atoms with Gasteiger partial charge in [-0.2, -0.15) is 0 Å². The van der Waals surface area contributed by atoms with E-state index in [-0.39, 0.29) is 5.41 Å². The first kappa shape index (κ1) is 14.9. The average molecular weight is 333 g/mol. The fraction of sp³-hybridized carbons (Fsp3) is 0.429. The molecule has 3 atom stereocenters. The maximum atomic E-state index is 5.73. The third kappa shape index (κ3) is 2.13. The molecule has 1 saturated carbocycles. The van der Waals surface area contributed by atoms with E-state index in [0.717, 1.165) is 24.6 Å². The molecule has 2 aromatic heterocycles. The number of aryl methyl sites for hydroxylation is 1. The van der Waals surface area contributed by atoms with Crippen molar-refractivity contribution in [3.63, 3.8) is 0 Å². The van der Waals surface area contributed by atoms with Crippen LogP contribution in [0.25, 0.3) is 5.78 Å². The number of allylic oxidation sites excluding steroid dienone is 5. The van der Waals surface area contributed by atoms with Crippen molar-refractivity contribution in [3.05, 3.63) is 65.5 Å². The predicted molar refractivity (Wildman–Crippen MR) is 97.1 cm³/mol. The van der Waals surface area contributed by atoms with Crippen LogP contribution in [0.5, 0.6) is 0 Å². The van der Waals surface area contributed by atoms with E-state index in [2.05, 4.69) is 60.7 Å². The van der Waals surface area contributed by atoms with Gasteiger partial charge in [0.05, 0.1) is 12.3 Å². The molecule has 4 heteroatoms. The van der Waals surface area contributed by atoms with Gasteiger partial charge in [-0.1, -0.05) is 32.1 Å². The summed E-state index contributed by atoms with van der Waals surface area (Å²) >= 11 is 0. The Morgan fingerprint density at radius 3 is 3.04 bits per heavy atom. The molecule has 3 heterocycles. The largest absolute Gasteiger partial charge is 0.493 e. The zero-order valence-electron chi connectivity index (χ0n) is 14.9. The van der Waals surface area contributed by atoms with Gasteiger partial charge in [0.15, 0.2) is 0 Å². The first-order valence-corrected chi connectivity index (χ1v) is 9.09. The van der Waals surface area contributed by atoms with Crippen molar-refractivity contribution in [1.29, 1.82) is 0 Å². The quantitative estimate of drug-likeness (QED) is 0.827. The van der Waals surface area contributed by atoms with Crippen LogP contribution in [0.4, 0.5) is 0 Å². The Kier molecular flexibility index (Phi) is 3.03. The minimum absolute atomic E-state index is 0.235. The van der Waals surface area contributed by atoms with Gasteiger partial charge in [-0.15, -0.1) is 0 Å². The molecule has 0 amide bonds. The standard InChI is InChI=1S/C21H23N3O/c1-13-19(23-20-22-9-5-10-24(13)20)18-17(21(18,2)3)15-6-4-7-16-14(12-15)8-11-25-16/h4-7,9-10,12,15,17-18H,8,11H2,1-3H3/t15?,17-,18+/m1/s1. The second-order valence-electron chi connectivity index (χ2n) is 7.98. The summed E-state index contributed by atoms with van der Waals surface area (Å²) < 4.78 is 7.83. The Bertz CT molecular complexity index is 947. The summed E-state index contributed by atoms with van der Waals surface area (Å²) in [5.74, 6) is 3.32. The molecule has 0 radical (unpaired) electrons. The molecule has 5 rings (SSSR count). The minimum Gasteiger partial charge on any atom is -0.493 e. The van der Waals surface area contributed by atoms with Crippen LogP contribution in [0, 0.1) is 24.2 Å². The first-order valence-electron chi connectivity index (χ1n) is 9.09. The van der Waals surface area contributed by atoms with Crippen LogP contribution >= 0.6 is 0 Å². The Hall–Kier alpha value is -2.36. The normalized spacial score (nSPS) is 29.6. The van der Waals surface area contributed by atoms with E-state index in [4.69, 9.17) is 9.72 Å². The van der Waals surface area contributed by atoms with Gasteiger partial charge in [0.1, 0.15) is 5.76 Å². The number of rotatable bonds is 2. The van der Waals surface area contributed by atoms with Gasteiger partial charge in [-0.05, 0) is 41.9 Å². The fourth-order valence-electron chi connectivity index (χ4n) is 4.82. The highest BCUT2D eigenvalue weighted by atomic mass is 16.5. The Labute approximate surface area is 147 Å². The molecule has 3 aliphatic rings. The predicted octanol–water partition coefficient (Wildman–Crippen LogP) is 4.19. The molecule has 0 spiro atoms. The molecular weight excluding hydrogens is 310 g/mol. The number of aromatic nitrogens is 3. The second-order valence-corrected chi connectivity index (χ2v) is 7.98. The lowest BCUT2D eigenvalue weighted by Gasteiger charge is -2.10. The van der Waals surface area contributed by atoms with E-state index in [1.165, 1.54) is 17.0 Å². The number of imidazole rings is 1. The van der Waals surface area contributed by atoms with Gasteiger partial charge < -0.3 is 4.74 Å². The molecule has 1 unspecified atom stereocenters. The van der Waals surface area contributed by atoms with E-state index in [1.807, 2.05) is 12.3 Å². The SMILES string of the molecule is Cc1c([C@@H]2[C@@H](C3C=CC=C4OCCC4=C3)C2(C)C)nc2ncccn12. The van der Waals surface area contributed by atoms with Gasteiger partial charge in [0.2, 0.25) is 5.78 Å². The molecule has 0 aromatic carbocycles. The summed E-state index contributed by atoms with van der Waals surface area (Å²) in [6.07, 6.45) is 13.9. The summed E-state index contributed by atoms with van der Waals surface area (Å²) in [5, 5.41) is 0. The zero-order chi connectivity index (χ0) is 17.2. The molecule has 2 fully saturated rings. The van der Waals surface area contributed by atoms with Crippen LogP contribution in [0.1, 0.15) is 37.6 Å². The molecule has 1 aliphatic heterocycles. The molecule has 2 aliphatic carbocycles. The Balaban J connectivity index is 1.53. The van der Waals surface area contributed by atoms with Crippen LogP contribution in [0.2, 0.25) is 0 Å². The molecular formula is C21H23N3O. The number of ether oxygens (including phenoxy) is 1.